The number of aromatic nitrogens is 3. The maximum Gasteiger partial charge on any atom is 0.431 e. The van der Waals surface area contributed by atoms with Gasteiger partial charge in [-0.15, -0.1) is 0 Å². The molecule has 0 saturated heterocycles. The molecule has 10 rings (SSSR count). The van der Waals surface area contributed by atoms with Gasteiger partial charge < -0.3 is 14.1 Å². The van der Waals surface area contributed by atoms with Crippen molar-refractivity contribution >= 4 is 42.8 Å². The SMILES string of the molecule is CC.CC(C)(C)Cn1cc(CNS(=O)C2CC2)c2cc(F)c(-c3ccc(=O)[nH]c3C(F)(F)F)cc21.CC1CCc2ccc(c(C(F)(F)F)c2)-c2cc3c(cc2F)c(CNS(=O)(=O)C2CCC2)cn3C1.FCF. The lowest BCUT2D eigenvalue weighted by Gasteiger charge is -2.25. The van der Waals surface area contributed by atoms with Gasteiger partial charge in [0.15, 0.2) is 0 Å². The predicted octanol–water partition coefficient (Wildman–Crippen LogP) is 13.0. The third kappa shape index (κ3) is 13.4. The van der Waals surface area contributed by atoms with Crippen molar-refractivity contribution in [2.75, 3.05) is 6.93 Å². The van der Waals surface area contributed by atoms with E-state index in [1.54, 1.807) is 17.2 Å². The van der Waals surface area contributed by atoms with Gasteiger partial charge in [0.1, 0.15) is 17.3 Å². The number of nitrogens with zero attached hydrogens (tertiary/aromatic N) is 2. The molecule has 2 atom stereocenters. The van der Waals surface area contributed by atoms with Crippen LogP contribution in [-0.4, -0.2) is 44.2 Å². The van der Waals surface area contributed by atoms with E-state index in [0.29, 0.717) is 77.3 Å². The summed E-state index contributed by atoms with van der Waals surface area (Å²) in [5, 5.41) is 0.789. The molecule has 2 fully saturated rings. The van der Waals surface area contributed by atoms with Gasteiger partial charge in [-0.2, -0.15) is 26.3 Å². The van der Waals surface area contributed by atoms with Crippen molar-refractivity contribution in [2.24, 2.45) is 11.3 Å². The zero-order valence-electron chi connectivity index (χ0n) is 40.7. The quantitative estimate of drug-likeness (QED) is 0.118. The number of nitrogens with one attached hydrogen (secondary N) is 3. The van der Waals surface area contributed by atoms with Gasteiger partial charge in [-0.05, 0) is 109 Å². The number of halogens is 10. The molecule has 0 spiro atoms. The van der Waals surface area contributed by atoms with Crippen LogP contribution in [0.2, 0.25) is 0 Å². The van der Waals surface area contributed by atoms with Gasteiger partial charge in [-0.1, -0.05) is 60.1 Å². The van der Waals surface area contributed by atoms with Crippen LogP contribution in [-0.2, 0) is 66.0 Å². The Morgan fingerprint density at radius 2 is 1.33 bits per heavy atom. The zero-order chi connectivity index (χ0) is 53.1. The first kappa shape index (κ1) is 56.3. The normalized spacial score (nSPS) is 16.7. The fourth-order valence-corrected chi connectivity index (χ4v) is 11.4. The number of pyridine rings is 1. The van der Waals surface area contributed by atoms with E-state index in [0.717, 1.165) is 37.5 Å². The largest absolute Gasteiger partial charge is 0.431 e. The number of alkyl halides is 8. The molecule has 2 aliphatic carbocycles. The van der Waals surface area contributed by atoms with Crippen LogP contribution in [0.25, 0.3) is 44.1 Å². The minimum atomic E-state index is -4.85. The Labute approximate surface area is 414 Å². The van der Waals surface area contributed by atoms with Crippen LogP contribution in [0.15, 0.2) is 71.8 Å². The smallest absolute Gasteiger partial charge is 0.347 e. The first-order valence-corrected chi connectivity index (χ1v) is 26.4. The fourth-order valence-electron chi connectivity index (χ4n) is 8.76. The summed E-state index contributed by atoms with van der Waals surface area (Å²) in [6.45, 7) is 11.7. The number of aryl methyl sites for hydroxylation is 1. The van der Waals surface area contributed by atoms with Crippen molar-refractivity contribution in [3.05, 3.63) is 117 Å². The summed E-state index contributed by atoms with van der Waals surface area (Å²) < 4.78 is 179. The highest BCUT2D eigenvalue weighted by Gasteiger charge is 2.37. The lowest BCUT2D eigenvalue weighted by molar-refractivity contribution is -0.140. The topological polar surface area (TPSA) is 118 Å². The summed E-state index contributed by atoms with van der Waals surface area (Å²) in [6, 6.07) is 11.4. The number of hydrogen-bond acceptors (Lipinski definition) is 4. The molecule has 0 radical (unpaired) electrons. The molecular formula is C51H59F10N5O4S2. The summed E-state index contributed by atoms with van der Waals surface area (Å²) >= 11 is 0. The number of rotatable bonds is 10. The van der Waals surface area contributed by atoms with E-state index in [-0.39, 0.29) is 46.4 Å². The molecule has 2 saturated carbocycles. The molecule has 3 aromatic carbocycles. The van der Waals surface area contributed by atoms with Crippen molar-refractivity contribution in [3.63, 3.8) is 0 Å². The van der Waals surface area contributed by atoms with E-state index in [2.05, 4.69) is 9.44 Å². The molecule has 4 bridgehead atoms. The van der Waals surface area contributed by atoms with Crippen LogP contribution in [0.1, 0.15) is 108 Å². The molecular weight excluding hydrogens is 1000 g/mol. The van der Waals surface area contributed by atoms with Gasteiger partial charge in [0.2, 0.25) is 22.5 Å². The van der Waals surface area contributed by atoms with E-state index in [1.165, 1.54) is 30.3 Å². The molecule has 21 heteroatoms. The Kier molecular flexibility index (Phi) is 17.7. The van der Waals surface area contributed by atoms with Gasteiger partial charge in [-0.3, -0.25) is 4.79 Å². The highest BCUT2D eigenvalue weighted by atomic mass is 32.2. The summed E-state index contributed by atoms with van der Waals surface area (Å²) in [6.07, 6.45) is -0.708. The number of H-pyrrole nitrogens is 1. The van der Waals surface area contributed by atoms with E-state index >= 15 is 8.78 Å². The van der Waals surface area contributed by atoms with E-state index in [9.17, 15) is 52.5 Å². The Hall–Kier alpha value is -4.99. The van der Waals surface area contributed by atoms with Crippen LogP contribution < -0.4 is 15.0 Å². The van der Waals surface area contributed by atoms with Crippen molar-refractivity contribution in [1.29, 1.82) is 0 Å². The van der Waals surface area contributed by atoms with Crippen molar-refractivity contribution in [1.82, 2.24) is 23.6 Å². The van der Waals surface area contributed by atoms with Crippen LogP contribution in [0, 0.1) is 23.0 Å². The van der Waals surface area contributed by atoms with Gasteiger partial charge >= 0.3 is 12.4 Å². The number of sulfonamides is 1. The molecule has 2 aliphatic heterocycles. The highest BCUT2D eigenvalue weighted by Crippen LogP contribution is 2.42. The Bertz CT molecular complexity index is 3080. The molecule has 72 heavy (non-hydrogen) atoms. The number of hydrogen-bond donors (Lipinski definition) is 3. The lowest BCUT2D eigenvalue weighted by Crippen LogP contribution is -2.38. The zero-order valence-corrected chi connectivity index (χ0v) is 42.3. The standard InChI is InChI=1S/C25H26F4N2O2S.C23H25F4N3O2S.C2H6.CH2F2/c1-15-5-6-16-7-8-19(22(9-16)25(27,28)29)21-11-24-20(10-23(21)26)17(14-31(24)13-15)12-30-34(32,33)18-3-2-4-18;1-22(2,3)12-30-11-13(10-28-33(32)14-4-5-14)16-8-18(24)17(9-19(16)30)15-6-7-20(31)29-21(15)23(25,26)27;1-2;2-1-3/h7-11,14-15,18,30H,2-6,12-13H2,1H3;6-9,11,14,28H,4-5,10,12H2,1-3H3,(H,29,31);1-2H3;1H2. The Balaban J connectivity index is 0.000000216. The van der Waals surface area contributed by atoms with Crippen molar-refractivity contribution in [3.8, 4) is 22.3 Å². The minimum absolute atomic E-state index is 0.0115. The summed E-state index contributed by atoms with van der Waals surface area (Å²) in [4.78, 5) is 13.3. The molecule has 6 aromatic rings. The molecule has 394 valence electrons. The highest BCUT2D eigenvalue weighted by molar-refractivity contribution is 7.90. The molecule has 4 aliphatic rings. The van der Waals surface area contributed by atoms with Crippen molar-refractivity contribution < 1.29 is 56.5 Å². The predicted molar refractivity (Wildman–Crippen MR) is 262 cm³/mol. The minimum Gasteiger partial charge on any atom is -0.347 e. The van der Waals surface area contributed by atoms with E-state index in [1.807, 2.05) is 56.9 Å². The maximum atomic E-state index is 15.3. The first-order valence-electron chi connectivity index (χ1n) is 23.7. The second kappa shape index (κ2) is 22.6. The second-order valence-corrected chi connectivity index (χ2v) is 22.9. The van der Waals surface area contributed by atoms with E-state index < -0.39 is 79.6 Å². The van der Waals surface area contributed by atoms with Gasteiger partial charge in [-0.25, -0.2) is 39.6 Å². The Morgan fingerprint density at radius 3 is 1.90 bits per heavy atom. The fraction of sp³-hybridized carbons (Fsp3) is 0.471. The van der Waals surface area contributed by atoms with Crippen LogP contribution in [0.5, 0.6) is 0 Å². The number of benzene rings is 3. The third-order valence-electron chi connectivity index (χ3n) is 12.5. The number of fused-ring (bicyclic) bond motifs is 6. The van der Waals surface area contributed by atoms with Crippen LogP contribution in [0.3, 0.4) is 0 Å². The average molecular weight is 1060 g/mol. The average Bonchev–Trinajstić information content (AvgIpc) is 4.01. The first-order chi connectivity index (χ1) is 33.8. The summed E-state index contributed by atoms with van der Waals surface area (Å²) in [5.74, 6) is -1.45. The molecule has 5 heterocycles. The maximum absolute atomic E-state index is 15.3. The van der Waals surface area contributed by atoms with E-state index in [4.69, 9.17) is 0 Å². The summed E-state index contributed by atoms with van der Waals surface area (Å²) in [7, 11) is -4.64. The Morgan fingerprint density at radius 1 is 0.750 bits per heavy atom. The van der Waals surface area contributed by atoms with Gasteiger partial charge in [0, 0.05) is 88.4 Å². The molecule has 2 unspecified atom stereocenters. The van der Waals surface area contributed by atoms with Crippen LogP contribution >= 0.6 is 0 Å². The van der Waals surface area contributed by atoms with Crippen molar-refractivity contribution in [2.45, 2.75) is 136 Å². The molecule has 3 N–H and O–H groups in total. The lowest BCUT2D eigenvalue weighted by atomic mass is 9.92. The monoisotopic (exact) mass is 1060 g/mol. The molecule has 3 aromatic heterocycles. The third-order valence-corrected chi connectivity index (χ3v) is 15.9. The van der Waals surface area contributed by atoms with Gasteiger partial charge in [0.05, 0.1) is 21.8 Å². The summed E-state index contributed by atoms with van der Waals surface area (Å²) in [5.41, 5.74) is -1.13. The second-order valence-electron chi connectivity index (χ2n) is 19.3. The van der Waals surface area contributed by atoms with Gasteiger partial charge in [0.25, 0.3) is 0 Å². The molecule has 0 amide bonds. The number of aromatic amines is 1. The van der Waals surface area contributed by atoms with Crippen LogP contribution in [0.4, 0.5) is 43.9 Å². The molecule has 9 nitrogen and oxygen atoms in total.